The lowest BCUT2D eigenvalue weighted by atomic mass is 10.1. The Hall–Kier alpha value is -2.14. The molecule has 124 valence electrons. The number of fused-ring (bicyclic) bond motifs is 1. The molecule has 0 amide bonds. The molecule has 4 rings (SSSR count). The first-order valence-electron chi connectivity index (χ1n) is 8.48. The second kappa shape index (κ2) is 6.40. The van der Waals surface area contributed by atoms with Crippen LogP contribution in [0.2, 0.25) is 0 Å². The molecule has 24 heavy (non-hydrogen) atoms. The molecule has 3 aromatic rings. The normalized spacial score (nSPS) is 16.0. The maximum atomic E-state index is 12.2. The van der Waals surface area contributed by atoms with E-state index in [-0.39, 0.29) is 0 Å². The summed E-state index contributed by atoms with van der Waals surface area (Å²) in [6.45, 7) is 4.01. The molecule has 5 heteroatoms. The Balaban J connectivity index is 1.87. The van der Waals surface area contributed by atoms with Gasteiger partial charge in [0, 0.05) is 41.5 Å². The number of aromatic nitrogens is 2. The summed E-state index contributed by atoms with van der Waals surface area (Å²) < 4.78 is 12.2. The molecule has 1 fully saturated rings. The number of para-hydroxylation sites is 1. The number of rotatable bonds is 4. The van der Waals surface area contributed by atoms with Crippen molar-refractivity contribution < 1.29 is 4.21 Å². The summed E-state index contributed by atoms with van der Waals surface area (Å²) in [7, 11) is -0.997. The molecule has 1 aliphatic heterocycles. The van der Waals surface area contributed by atoms with Crippen molar-refractivity contribution in [3.05, 3.63) is 42.6 Å². The predicted octanol–water partition coefficient (Wildman–Crippen LogP) is 3.96. The summed E-state index contributed by atoms with van der Waals surface area (Å²) in [6, 6.07) is 12.5. The van der Waals surface area contributed by atoms with Crippen molar-refractivity contribution in [2.45, 2.75) is 24.7 Å². The van der Waals surface area contributed by atoms with Crippen LogP contribution >= 0.6 is 0 Å². The third kappa shape index (κ3) is 2.73. The molecule has 0 radical (unpaired) electrons. The first-order chi connectivity index (χ1) is 11.8. The molecule has 3 heterocycles. The van der Waals surface area contributed by atoms with Crippen molar-refractivity contribution >= 4 is 27.5 Å². The standard InChI is InChI=1S/C19H21N3OS/c1-2-24(23)15-12-16(19(20-13-15)22-9-5-6-10-22)18-11-14-7-3-4-8-17(14)21-18/h3-4,7-8,11-13,21H,2,5-6,9-10H2,1H3. The summed E-state index contributed by atoms with van der Waals surface area (Å²) in [4.78, 5) is 11.3. The Bertz CT molecular complexity index is 864. The van der Waals surface area contributed by atoms with Gasteiger partial charge in [-0.1, -0.05) is 25.1 Å². The van der Waals surface area contributed by atoms with E-state index in [9.17, 15) is 4.21 Å². The second-order valence-corrected chi connectivity index (χ2v) is 7.88. The van der Waals surface area contributed by atoms with Crippen molar-refractivity contribution in [3.63, 3.8) is 0 Å². The Morgan fingerprint density at radius 1 is 1.21 bits per heavy atom. The Kier molecular flexibility index (Phi) is 4.10. The van der Waals surface area contributed by atoms with Gasteiger partial charge in [0.25, 0.3) is 0 Å². The molecule has 1 N–H and O–H groups in total. The molecule has 1 unspecified atom stereocenters. The number of hydrogen-bond donors (Lipinski definition) is 1. The zero-order chi connectivity index (χ0) is 16.5. The number of nitrogens with one attached hydrogen (secondary N) is 1. The van der Waals surface area contributed by atoms with E-state index in [1.165, 1.54) is 18.2 Å². The summed E-state index contributed by atoms with van der Waals surface area (Å²) in [5, 5.41) is 1.18. The summed E-state index contributed by atoms with van der Waals surface area (Å²) in [5.41, 5.74) is 3.20. The SMILES string of the molecule is CCS(=O)c1cnc(N2CCCC2)c(-c2cc3ccccc3[nH]2)c1. The lowest BCUT2D eigenvalue weighted by Gasteiger charge is -2.20. The molecule has 0 bridgehead atoms. The van der Waals surface area contributed by atoms with Gasteiger partial charge >= 0.3 is 0 Å². The average Bonchev–Trinajstić information content (AvgIpc) is 3.29. The molecule has 1 aromatic carbocycles. The zero-order valence-corrected chi connectivity index (χ0v) is 14.6. The van der Waals surface area contributed by atoms with Crippen LogP contribution in [-0.4, -0.2) is 33.0 Å². The van der Waals surface area contributed by atoms with Gasteiger partial charge in [-0.3, -0.25) is 4.21 Å². The fraction of sp³-hybridized carbons (Fsp3) is 0.316. The zero-order valence-electron chi connectivity index (χ0n) is 13.8. The van der Waals surface area contributed by atoms with Crippen LogP contribution < -0.4 is 4.90 Å². The fourth-order valence-corrected chi connectivity index (χ4v) is 4.08. The van der Waals surface area contributed by atoms with E-state index in [1.807, 2.05) is 25.1 Å². The first kappa shape index (κ1) is 15.4. The molecule has 0 spiro atoms. The predicted molar refractivity (Wildman–Crippen MR) is 99.9 cm³/mol. The van der Waals surface area contributed by atoms with Gasteiger partial charge in [-0.25, -0.2) is 4.98 Å². The number of nitrogens with zero attached hydrogens (tertiary/aromatic N) is 2. The lowest BCUT2D eigenvalue weighted by molar-refractivity contribution is 0.683. The fourth-order valence-electron chi connectivity index (χ4n) is 3.33. The minimum Gasteiger partial charge on any atom is -0.356 e. The van der Waals surface area contributed by atoms with Gasteiger partial charge < -0.3 is 9.88 Å². The third-order valence-electron chi connectivity index (χ3n) is 4.59. The molecule has 0 saturated carbocycles. The Morgan fingerprint density at radius 3 is 2.75 bits per heavy atom. The second-order valence-electron chi connectivity index (χ2n) is 6.14. The summed E-state index contributed by atoms with van der Waals surface area (Å²) in [6.07, 6.45) is 4.19. The summed E-state index contributed by atoms with van der Waals surface area (Å²) >= 11 is 0. The van der Waals surface area contributed by atoms with E-state index in [0.717, 1.165) is 40.6 Å². The van der Waals surface area contributed by atoms with Gasteiger partial charge in [0.1, 0.15) is 5.82 Å². The highest BCUT2D eigenvalue weighted by molar-refractivity contribution is 7.85. The van der Waals surface area contributed by atoms with Gasteiger partial charge in [-0.05, 0) is 31.0 Å². The Labute approximate surface area is 144 Å². The molecule has 1 saturated heterocycles. The highest BCUT2D eigenvalue weighted by Gasteiger charge is 2.20. The Morgan fingerprint density at radius 2 is 2.00 bits per heavy atom. The molecule has 0 aliphatic carbocycles. The number of aromatic amines is 1. The number of H-pyrrole nitrogens is 1. The van der Waals surface area contributed by atoms with Gasteiger partial charge in [-0.2, -0.15) is 0 Å². The number of pyridine rings is 1. The van der Waals surface area contributed by atoms with E-state index < -0.39 is 10.8 Å². The minimum absolute atomic E-state index is 0.608. The van der Waals surface area contributed by atoms with E-state index in [1.54, 1.807) is 6.20 Å². The van der Waals surface area contributed by atoms with Crippen LogP contribution in [-0.2, 0) is 10.8 Å². The monoisotopic (exact) mass is 339 g/mol. The summed E-state index contributed by atoms with van der Waals surface area (Å²) in [5.74, 6) is 1.60. The maximum absolute atomic E-state index is 12.2. The lowest BCUT2D eigenvalue weighted by Crippen LogP contribution is -2.20. The van der Waals surface area contributed by atoms with Gasteiger partial charge in [0.15, 0.2) is 0 Å². The van der Waals surface area contributed by atoms with Crippen molar-refractivity contribution in [1.29, 1.82) is 0 Å². The number of anilines is 1. The topological polar surface area (TPSA) is 49.0 Å². The third-order valence-corrected chi connectivity index (χ3v) is 5.87. The quantitative estimate of drug-likeness (QED) is 0.783. The van der Waals surface area contributed by atoms with Crippen LogP contribution in [0.3, 0.4) is 0 Å². The van der Waals surface area contributed by atoms with Gasteiger partial charge in [-0.15, -0.1) is 0 Å². The minimum atomic E-state index is -0.997. The van der Waals surface area contributed by atoms with Crippen molar-refractivity contribution in [3.8, 4) is 11.3 Å². The highest BCUT2D eigenvalue weighted by Crippen LogP contribution is 2.33. The van der Waals surface area contributed by atoms with Gasteiger partial charge in [0.2, 0.25) is 0 Å². The first-order valence-corrected chi connectivity index (χ1v) is 9.79. The molecule has 1 atom stereocenters. The maximum Gasteiger partial charge on any atom is 0.137 e. The van der Waals surface area contributed by atoms with Gasteiger partial charge in [0.05, 0.1) is 21.4 Å². The average molecular weight is 339 g/mol. The largest absolute Gasteiger partial charge is 0.356 e. The molecular formula is C19H21N3OS. The van der Waals surface area contributed by atoms with E-state index in [2.05, 4.69) is 33.1 Å². The molecule has 2 aromatic heterocycles. The van der Waals surface area contributed by atoms with E-state index >= 15 is 0 Å². The smallest absolute Gasteiger partial charge is 0.137 e. The van der Waals surface area contributed by atoms with E-state index in [4.69, 9.17) is 0 Å². The van der Waals surface area contributed by atoms with Crippen LogP contribution in [0.25, 0.3) is 22.2 Å². The molecule has 4 nitrogen and oxygen atoms in total. The van der Waals surface area contributed by atoms with Crippen LogP contribution in [0.15, 0.2) is 47.5 Å². The van der Waals surface area contributed by atoms with Crippen LogP contribution in [0.5, 0.6) is 0 Å². The molecule has 1 aliphatic rings. The molecular weight excluding hydrogens is 318 g/mol. The van der Waals surface area contributed by atoms with Crippen molar-refractivity contribution in [2.75, 3.05) is 23.7 Å². The van der Waals surface area contributed by atoms with Crippen LogP contribution in [0.1, 0.15) is 19.8 Å². The van der Waals surface area contributed by atoms with E-state index in [0.29, 0.717) is 5.75 Å². The number of benzene rings is 1. The number of hydrogen-bond acceptors (Lipinski definition) is 3. The van der Waals surface area contributed by atoms with Crippen LogP contribution in [0, 0.1) is 0 Å². The van der Waals surface area contributed by atoms with Crippen molar-refractivity contribution in [1.82, 2.24) is 9.97 Å². The van der Waals surface area contributed by atoms with Crippen molar-refractivity contribution in [2.24, 2.45) is 0 Å². The highest BCUT2D eigenvalue weighted by atomic mass is 32.2. The van der Waals surface area contributed by atoms with Crippen LogP contribution in [0.4, 0.5) is 5.82 Å².